The number of carbonyl (C=O) groups is 1. The summed E-state index contributed by atoms with van der Waals surface area (Å²) in [6, 6.07) is 0. The highest BCUT2D eigenvalue weighted by molar-refractivity contribution is 5.65. The Bertz CT molecular complexity index is 118. The molecule has 0 unspecified atom stereocenters. The van der Waals surface area contributed by atoms with Crippen LogP contribution < -0.4 is 0 Å². The molecule has 3 heteroatoms. The van der Waals surface area contributed by atoms with Gasteiger partial charge in [-0.1, -0.05) is 39.0 Å². The number of ether oxygens (including phenoxy) is 1. The number of unbranched alkanes of at least 4 members (excludes halogenated alkanes) is 5. The average Bonchev–Trinajstić information content (AvgIpc) is 2.18. The van der Waals surface area contributed by atoms with Gasteiger partial charge in [0.1, 0.15) is 0 Å². The third kappa shape index (κ3) is 24.7. The Morgan fingerprint density at radius 1 is 1.07 bits per heavy atom. The maximum Gasteiger partial charge on any atom is 0.302 e. The van der Waals surface area contributed by atoms with Gasteiger partial charge in [0.05, 0.1) is 6.61 Å². The summed E-state index contributed by atoms with van der Waals surface area (Å²) < 4.78 is 4.40. The van der Waals surface area contributed by atoms with Gasteiger partial charge in [-0.25, -0.2) is 0 Å². The Balaban J connectivity index is 0. The van der Waals surface area contributed by atoms with E-state index >= 15 is 0 Å². The van der Waals surface area contributed by atoms with Gasteiger partial charge < -0.3 is 9.84 Å². The normalized spacial score (nSPS) is 9.07. The van der Waals surface area contributed by atoms with E-state index in [0.717, 1.165) is 6.42 Å². The fraction of sp³-hybridized carbons (Fsp3) is 0.917. The summed E-state index contributed by atoms with van der Waals surface area (Å²) in [6.07, 6.45) is 7.50. The smallest absolute Gasteiger partial charge is 0.302 e. The summed E-state index contributed by atoms with van der Waals surface area (Å²) in [5.74, 6) is -0.211. The van der Waals surface area contributed by atoms with Crippen molar-refractivity contribution in [2.75, 3.05) is 13.2 Å². The Morgan fingerprint density at radius 3 is 1.93 bits per heavy atom. The Hall–Kier alpha value is -0.570. The topological polar surface area (TPSA) is 46.5 Å². The number of aliphatic hydroxyl groups excluding tert-OH is 1. The fourth-order valence-corrected chi connectivity index (χ4v) is 1.10. The van der Waals surface area contributed by atoms with Crippen molar-refractivity contribution in [3.05, 3.63) is 0 Å². The number of hydrogen-bond acceptors (Lipinski definition) is 3. The standard InChI is InChI=1S/C8H18O.C4H8O2/c1-2-3-4-5-6-7-8-9;1-3-6-4(2)5/h9H,2-8H2,1H3;3H2,1-2H3. The molecule has 0 aliphatic carbocycles. The molecule has 0 amide bonds. The van der Waals surface area contributed by atoms with Crippen molar-refractivity contribution in [3.63, 3.8) is 0 Å². The maximum atomic E-state index is 9.82. The molecule has 1 N–H and O–H groups in total. The van der Waals surface area contributed by atoms with Crippen molar-refractivity contribution in [1.29, 1.82) is 0 Å². The van der Waals surface area contributed by atoms with E-state index < -0.39 is 0 Å². The Labute approximate surface area is 93.8 Å². The number of aliphatic hydroxyl groups is 1. The second kappa shape index (κ2) is 15.9. The van der Waals surface area contributed by atoms with Crippen LogP contribution in [0.4, 0.5) is 0 Å². The first kappa shape index (κ1) is 16.8. The van der Waals surface area contributed by atoms with Gasteiger partial charge in [-0.05, 0) is 13.3 Å². The molecule has 0 rings (SSSR count). The molecule has 0 aromatic rings. The third-order valence-corrected chi connectivity index (χ3v) is 1.86. The zero-order chi connectivity index (χ0) is 11.9. The van der Waals surface area contributed by atoms with Crippen LogP contribution in [0.3, 0.4) is 0 Å². The van der Waals surface area contributed by atoms with Crippen molar-refractivity contribution in [3.8, 4) is 0 Å². The van der Waals surface area contributed by atoms with E-state index in [-0.39, 0.29) is 5.97 Å². The lowest BCUT2D eigenvalue weighted by molar-refractivity contribution is -0.140. The highest BCUT2D eigenvalue weighted by atomic mass is 16.5. The highest BCUT2D eigenvalue weighted by Gasteiger charge is 1.86. The van der Waals surface area contributed by atoms with Crippen LogP contribution in [0.1, 0.15) is 59.3 Å². The molecule has 0 heterocycles. The van der Waals surface area contributed by atoms with Gasteiger partial charge in [-0.15, -0.1) is 0 Å². The molecule has 0 spiro atoms. The molecular formula is C12H26O3. The minimum absolute atomic E-state index is 0.211. The van der Waals surface area contributed by atoms with Gasteiger partial charge in [0.25, 0.3) is 0 Å². The maximum absolute atomic E-state index is 9.82. The van der Waals surface area contributed by atoms with E-state index in [1.165, 1.54) is 39.0 Å². The monoisotopic (exact) mass is 218 g/mol. The predicted molar refractivity (Wildman–Crippen MR) is 62.8 cm³/mol. The van der Waals surface area contributed by atoms with E-state index in [9.17, 15) is 4.79 Å². The minimum Gasteiger partial charge on any atom is -0.466 e. The summed E-state index contributed by atoms with van der Waals surface area (Å²) in [6.45, 7) is 6.23. The highest BCUT2D eigenvalue weighted by Crippen LogP contribution is 2.03. The van der Waals surface area contributed by atoms with Gasteiger partial charge >= 0.3 is 5.97 Å². The molecule has 0 aliphatic rings. The fourth-order valence-electron chi connectivity index (χ4n) is 1.10. The van der Waals surface area contributed by atoms with E-state index in [2.05, 4.69) is 11.7 Å². The van der Waals surface area contributed by atoms with Crippen LogP contribution >= 0.6 is 0 Å². The van der Waals surface area contributed by atoms with Gasteiger partial charge in [-0.3, -0.25) is 4.79 Å². The van der Waals surface area contributed by atoms with Crippen molar-refractivity contribution in [1.82, 2.24) is 0 Å². The number of esters is 1. The predicted octanol–water partition coefficient (Wildman–Crippen LogP) is 2.91. The lowest BCUT2D eigenvalue weighted by Crippen LogP contribution is -1.95. The number of hydrogen-bond donors (Lipinski definition) is 1. The molecule has 0 atom stereocenters. The van der Waals surface area contributed by atoms with Gasteiger partial charge in [0.2, 0.25) is 0 Å². The van der Waals surface area contributed by atoms with Crippen LogP contribution in [0.15, 0.2) is 0 Å². The van der Waals surface area contributed by atoms with Crippen LogP contribution in [-0.4, -0.2) is 24.3 Å². The van der Waals surface area contributed by atoms with Crippen molar-refractivity contribution in [2.24, 2.45) is 0 Å². The molecule has 0 bridgehead atoms. The first-order valence-electron chi connectivity index (χ1n) is 5.93. The van der Waals surface area contributed by atoms with Crippen molar-refractivity contribution in [2.45, 2.75) is 59.3 Å². The molecule has 0 aliphatic heterocycles. The molecule has 0 aromatic heterocycles. The average molecular weight is 218 g/mol. The van der Waals surface area contributed by atoms with Gasteiger partial charge in [-0.2, -0.15) is 0 Å². The summed E-state index contributed by atoms with van der Waals surface area (Å²) in [7, 11) is 0. The van der Waals surface area contributed by atoms with E-state index in [1.807, 2.05) is 0 Å². The van der Waals surface area contributed by atoms with E-state index in [0.29, 0.717) is 13.2 Å². The van der Waals surface area contributed by atoms with Crippen LogP contribution in [0.25, 0.3) is 0 Å². The summed E-state index contributed by atoms with van der Waals surface area (Å²) in [5.41, 5.74) is 0. The van der Waals surface area contributed by atoms with E-state index in [1.54, 1.807) is 6.92 Å². The number of carbonyl (C=O) groups excluding carboxylic acids is 1. The summed E-state index contributed by atoms with van der Waals surface area (Å²) in [4.78, 5) is 9.82. The molecule has 0 saturated heterocycles. The zero-order valence-electron chi connectivity index (χ0n) is 10.4. The second-order valence-corrected chi connectivity index (χ2v) is 3.42. The third-order valence-electron chi connectivity index (χ3n) is 1.86. The quantitative estimate of drug-likeness (QED) is 0.528. The molecule has 92 valence electrons. The van der Waals surface area contributed by atoms with Crippen molar-refractivity contribution >= 4 is 5.97 Å². The SMILES string of the molecule is CCCCCCCCO.CCOC(C)=O. The second-order valence-electron chi connectivity index (χ2n) is 3.42. The molecule has 0 radical (unpaired) electrons. The molecule has 0 fully saturated rings. The first-order chi connectivity index (χ1) is 7.18. The molecule has 0 aromatic carbocycles. The summed E-state index contributed by atoms with van der Waals surface area (Å²) >= 11 is 0. The zero-order valence-corrected chi connectivity index (χ0v) is 10.4. The van der Waals surface area contributed by atoms with Crippen molar-refractivity contribution < 1.29 is 14.6 Å². The Morgan fingerprint density at radius 2 is 1.60 bits per heavy atom. The molecule has 0 saturated carbocycles. The molecular weight excluding hydrogens is 192 g/mol. The lowest BCUT2D eigenvalue weighted by Gasteiger charge is -1.95. The first-order valence-corrected chi connectivity index (χ1v) is 5.93. The number of rotatable bonds is 7. The van der Waals surface area contributed by atoms with Gasteiger partial charge in [0, 0.05) is 13.5 Å². The van der Waals surface area contributed by atoms with Gasteiger partial charge in [0.15, 0.2) is 0 Å². The summed E-state index contributed by atoms with van der Waals surface area (Å²) in [5, 5.41) is 8.42. The Kier molecular flexibility index (Phi) is 17.8. The van der Waals surface area contributed by atoms with Crippen LogP contribution in [0, 0.1) is 0 Å². The lowest BCUT2D eigenvalue weighted by atomic mass is 10.1. The van der Waals surface area contributed by atoms with E-state index in [4.69, 9.17) is 5.11 Å². The minimum atomic E-state index is -0.211. The van der Waals surface area contributed by atoms with Crippen LogP contribution in [-0.2, 0) is 9.53 Å². The van der Waals surface area contributed by atoms with Crippen LogP contribution in [0.2, 0.25) is 0 Å². The molecule has 15 heavy (non-hydrogen) atoms. The largest absolute Gasteiger partial charge is 0.466 e. The van der Waals surface area contributed by atoms with Crippen LogP contribution in [0.5, 0.6) is 0 Å². The molecule has 3 nitrogen and oxygen atoms in total.